The van der Waals surface area contributed by atoms with Crippen LogP contribution in [0.3, 0.4) is 0 Å². The van der Waals surface area contributed by atoms with Gasteiger partial charge in [0.15, 0.2) is 0 Å². The van der Waals surface area contributed by atoms with Gasteiger partial charge in [-0.25, -0.2) is 0 Å². The van der Waals surface area contributed by atoms with Crippen LogP contribution < -0.4 is 10.2 Å². The van der Waals surface area contributed by atoms with Crippen molar-refractivity contribution in [2.75, 3.05) is 23.9 Å². The van der Waals surface area contributed by atoms with Gasteiger partial charge in [0, 0.05) is 24.2 Å². The molecule has 1 saturated heterocycles. The van der Waals surface area contributed by atoms with Crippen LogP contribution in [0.25, 0.3) is 0 Å². The van der Waals surface area contributed by atoms with Gasteiger partial charge in [-0.05, 0) is 37.1 Å². The van der Waals surface area contributed by atoms with Crippen LogP contribution in [-0.2, 0) is 9.59 Å². The zero-order valence-electron chi connectivity index (χ0n) is 11.7. The summed E-state index contributed by atoms with van der Waals surface area (Å²) in [5.74, 6) is 5.71. The summed E-state index contributed by atoms with van der Waals surface area (Å²) in [6, 6.07) is 7.58. The van der Waals surface area contributed by atoms with E-state index in [1.54, 1.807) is 0 Å². The fraction of sp³-hybridized carbons (Fsp3) is 0.375. The Labute approximate surface area is 129 Å². The van der Waals surface area contributed by atoms with E-state index in [0.717, 1.165) is 30.6 Å². The number of halogens is 1. The second-order valence-electron chi connectivity index (χ2n) is 4.76. The first-order valence-electron chi connectivity index (χ1n) is 6.92. The first-order valence-corrected chi connectivity index (χ1v) is 7.46. The van der Waals surface area contributed by atoms with E-state index in [0.29, 0.717) is 6.42 Å². The van der Waals surface area contributed by atoms with E-state index >= 15 is 0 Å². The lowest BCUT2D eigenvalue weighted by Crippen LogP contribution is -2.35. The summed E-state index contributed by atoms with van der Waals surface area (Å²) in [5.41, 5.74) is 1.77. The van der Waals surface area contributed by atoms with Gasteiger partial charge in [0.25, 0.3) is 0 Å². The predicted octanol–water partition coefficient (Wildman–Crippen LogP) is 1.91. The molecule has 2 rings (SSSR count). The molecule has 0 aromatic heterocycles. The number of hydrogen-bond donors (Lipinski definition) is 1. The van der Waals surface area contributed by atoms with Crippen LogP contribution in [0.15, 0.2) is 24.3 Å². The fourth-order valence-corrected chi connectivity index (χ4v) is 2.23. The Morgan fingerprint density at radius 3 is 2.71 bits per heavy atom. The molecule has 0 atom stereocenters. The summed E-state index contributed by atoms with van der Waals surface area (Å²) < 4.78 is 0. The third kappa shape index (κ3) is 4.51. The number of nitrogens with one attached hydrogen (secondary N) is 1. The molecule has 0 bridgehead atoms. The predicted molar refractivity (Wildman–Crippen MR) is 83.3 cm³/mol. The minimum atomic E-state index is -0.232. The van der Waals surface area contributed by atoms with Crippen molar-refractivity contribution in [3.63, 3.8) is 0 Å². The number of carbonyl (C=O) groups excluding carboxylic acids is 2. The van der Waals surface area contributed by atoms with Crippen molar-refractivity contribution in [1.29, 1.82) is 0 Å². The number of alkyl halides is 1. The van der Waals surface area contributed by atoms with E-state index in [9.17, 15) is 9.59 Å². The minimum absolute atomic E-state index is 0.0553. The molecule has 0 unspecified atom stereocenters. The summed E-state index contributed by atoms with van der Waals surface area (Å²) in [7, 11) is 0. The first kappa shape index (κ1) is 15.4. The highest BCUT2D eigenvalue weighted by Gasteiger charge is 2.18. The van der Waals surface area contributed by atoms with Gasteiger partial charge in [-0.1, -0.05) is 11.8 Å². The highest BCUT2D eigenvalue weighted by Crippen LogP contribution is 2.20. The maximum Gasteiger partial charge on any atom is 0.235 e. The molecule has 21 heavy (non-hydrogen) atoms. The van der Waals surface area contributed by atoms with Crippen molar-refractivity contribution in [2.24, 2.45) is 0 Å². The van der Waals surface area contributed by atoms with E-state index in [1.165, 1.54) is 0 Å². The molecule has 1 aromatic carbocycles. The molecule has 110 valence electrons. The topological polar surface area (TPSA) is 49.4 Å². The lowest BCUT2D eigenvalue weighted by molar-refractivity contribution is -0.119. The van der Waals surface area contributed by atoms with E-state index in [2.05, 4.69) is 17.2 Å². The number of anilines is 1. The smallest absolute Gasteiger partial charge is 0.235 e. The molecule has 0 saturated carbocycles. The minimum Gasteiger partial charge on any atom is -0.344 e. The van der Waals surface area contributed by atoms with Crippen molar-refractivity contribution in [3.05, 3.63) is 29.8 Å². The zero-order chi connectivity index (χ0) is 15.1. The summed E-state index contributed by atoms with van der Waals surface area (Å²) in [5, 5.41) is 2.57. The molecule has 0 spiro atoms. The second kappa shape index (κ2) is 7.70. The van der Waals surface area contributed by atoms with Crippen LogP contribution in [0.5, 0.6) is 0 Å². The van der Waals surface area contributed by atoms with E-state index in [4.69, 9.17) is 11.6 Å². The third-order valence-electron chi connectivity index (χ3n) is 3.23. The monoisotopic (exact) mass is 304 g/mol. The molecule has 5 heteroatoms. The highest BCUT2D eigenvalue weighted by atomic mass is 35.5. The number of piperidine rings is 1. The van der Waals surface area contributed by atoms with Gasteiger partial charge >= 0.3 is 0 Å². The van der Waals surface area contributed by atoms with Crippen LogP contribution in [0.2, 0.25) is 0 Å². The van der Waals surface area contributed by atoms with Gasteiger partial charge in [-0.15, -0.1) is 11.6 Å². The Kier molecular flexibility index (Phi) is 5.65. The van der Waals surface area contributed by atoms with Crippen molar-refractivity contribution < 1.29 is 9.59 Å². The molecule has 1 aliphatic heterocycles. The molecule has 0 radical (unpaired) electrons. The molecule has 2 amide bonds. The summed E-state index contributed by atoms with van der Waals surface area (Å²) in [4.78, 5) is 24.6. The van der Waals surface area contributed by atoms with Gasteiger partial charge in [0.2, 0.25) is 11.8 Å². The fourth-order valence-electron chi connectivity index (χ4n) is 2.14. The largest absolute Gasteiger partial charge is 0.344 e. The number of amides is 2. The van der Waals surface area contributed by atoms with Gasteiger partial charge in [0.1, 0.15) is 5.88 Å². The van der Waals surface area contributed by atoms with Gasteiger partial charge in [-0.3, -0.25) is 9.59 Å². The average Bonchev–Trinajstić information content (AvgIpc) is 2.52. The van der Waals surface area contributed by atoms with Crippen molar-refractivity contribution in [3.8, 4) is 11.8 Å². The van der Waals surface area contributed by atoms with Crippen LogP contribution in [0.4, 0.5) is 5.69 Å². The SMILES string of the molecule is O=C(CCl)NCC#Cc1ccc(N2CCCCC2=O)cc1. The average molecular weight is 305 g/mol. The molecule has 0 aliphatic carbocycles. The van der Waals surface area contributed by atoms with E-state index in [1.807, 2.05) is 29.2 Å². The lowest BCUT2D eigenvalue weighted by Gasteiger charge is -2.26. The number of benzene rings is 1. The standard InChI is InChI=1S/C16H17ClN2O2/c17-12-15(20)18-10-3-4-13-6-8-14(9-7-13)19-11-2-1-5-16(19)21/h6-9H,1-2,5,10-12H2,(H,18,20). The van der Waals surface area contributed by atoms with Crippen LogP contribution in [0, 0.1) is 11.8 Å². The maximum absolute atomic E-state index is 11.8. The van der Waals surface area contributed by atoms with Crippen LogP contribution >= 0.6 is 11.6 Å². The Morgan fingerprint density at radius 2 is 2.05 bits per heavy atom. The highest BCUT2D eigenvalue weighted by molar-refractivity contribution is 6.27. The third-order valence-corrected chi connectivity index (χ3v) is 3.47. The van der Waals surface area contributed by atoms with Gasteiger partial charge in [-0.2, -0.15) is 0 Å². The number of hydrogen-bond acceptors (Lipinski definition) is 2. The first-order chi connectivity index (χ1) is 10.2. The second-order valence-corrected chi connectivity index (χ2v) is 5.03. The molecule has 1 aromatic rings. The van der Waals surface area contributed by atoms with Crippen molar-refractivity contribution >= 4 is 29.1 Å². The molecule has 1 aliphatic rings. The Morgan fingerprint density at radius 1 is 1.29 bits per heavy atom. The molecular weight excluding hydrogens is 288 g/mol. The van der Waals surface area contributed by atoms with Crippen molar-refractivity contribution in [2.45, 2.75) is 19.3 Å². The summed E-state index contributed by atoms with van der Waals surface area (Å²) in [6.07, 6.45) is 2.66. The van der Waals surface area contributed by atoms with E-state index in [-0.39, 0.29) is 24.2 Å². The summed E-state index contributed by atoms with van der Waals surface area (Å²) >= 11 is 5.36. The number of rotatable bonds is 3. The molecule has 4 nitrogen and oxygen atoms in total. The van der Waals surface area contributed by atoms with Crippen molar-refractivity contribution in [1.82, 2.24) is 5.32 Å². The Balaban J connectivity index is 1.94. The Hall–Kier alpha value is -1.99. The quantitative estimate of drug-likeness (QED) is 0.685. The van der Waals surface area contributed by atoms with E-state index < -0.39 is 0 Å². The van der Waals surface area contributed by atoms with Crippen LogP contribution in [0.1, 0.15) is 24.8 Å². The molecule has 1 fully saturated rings. The number of nitrogens with zero attached hydrogens (tertiary/aromatic N) is 1. The summed E-state index contributed by atoms with van der Waals surface area (Å²) in [6.45, 7) is 1.06. The zero-order valence-corrected chi connectivity index (χ0v) is 12.4. The molecule has 1 N–H and O–H groups in total. The number of carbonyl (C=O) groups is 2. The molecular formula is C16H17ClN2O2. The van der Waals surface area contributed by atoms with Crippen LogP contribution in [-0.4, -0.2) is 30.8 Å². The van der Waals surface area contributed by atoms with Gasteiger partial charge in [0.05, 0.1) is 6.54 Å². The lowest BCUT2D eigenvalue weighted by atomic mass is 10.1. The van der Waals surface area contributed by atoms with Gasteiger partial charge < -0.3 is 10.2 Å². The Bertz CT molecular complexity index is 572. The normalized spacial score (nSPS) is 14.3. The molecule has 1 heterocycles. The maximum atomic E-state index is 11.8.